The zero-order valence-corrected chi connectivity index (χ0v) is 14.4. The van der Waals surface area contributed by atoms with Gasteiger partial charge in [-0.25, -0.2) is 4.98 Å². The van der Waals surface area contributed by atoms with Gasteiger partial charge in [0.05, 0.1) is 6.21 Å². The Kier molecular flexibility index (Phi) is 4.77. The van der Waals surface area contributed by atoms with Gasteiger partial charge in [-0.2, -0.15) is 5.10 Å². The van der Waals surface area contributed by atoms with Crippen molar-refractivity contribution in [2.75, 3.05) is 23.1 Å². The number of hydrazone groups is 1. The minimum atomic E-state index is 0.501. The van der Waals surface area contributed by atoms with Crippen LogP contribution < -0.4 is 16.1 Å². The molecule has 1 aromatic heterocycles. The molecule has 0 radical (unpaired) electrons. The number of aryl methyl sites for hydroxylation is 1. The molecule has 0 saturated carbocycles. The molecule has 122 valence electrons. The number of anilines is 4. The van der Waals surface area contributed by atoms with Crippen molar-refractivity contribution in [3.8, 4) is 0 Å². The Morgan fingerprint density at radius 3 is 2.29 bits per heavy atom. The van der Waals surface area contributed by atoms with E-state index in [4.69, 9.17) is 5.73 Å². The average Bonchev–Trinajstić information content (AvgIpc) is 3.01. The van der Waals surface area contributed by atoms with E-state index in [9.17, 15) is 0 Å². The number of nitrogens with one attached hydrogen (secondary N) is 1. The topological polar surface area (TPSA) is 66.5 Å². The standard InChI is InChI=1S/C18H19N5S/c1-13-3-7-15(8-4-13)23(2)16-9-5-14(6-10-16)11-20-22-18-21-17(19)12-24-18/h3-12H,19H2,1-2H3,(H,21,22). The second-order valence-corrected chi connectivity index (χ2v) is 6.29. The Balaban J connectivity index is 1.65. The van der Waals surface area contributed by atoms with Crippen LogP contribution in [-0.2, 0) is 0 Å². The molecule has 3 N–H and O–H groups in total. The maximum atomic E-state index is 5.57. The number of nitrogens with two attached hydrogens (primary N) is 1. The number of thiazole rings is 1. The van der Waals surface area contributed by atoms with Crippen molar-refractivity contribution in [3.63, 3.8) is 0 Å². The van der Waals surface area contributed by atoms with E-state index in [0.717, 1.165) is 16.9 Å². The summed E-state index contributed by atoms with van der Waals surface area (Å²) in [5.74, 6) is 0.501. The van der Waals surface area contributed by atoms with Gasteiger partial charge in [0.1, 0.15) is 5.82 Å². The van der Waals surface area contributed by atoms with E-state index >= 15 is 0 Å². The highest BCUT2D eigenvalue weighted by Crippen LogP contribution is 2.23. The first-order valence-corrected chi connectivity index (χ1v) is 8.40. The lowest BCUT2D eigenvalue weighted by molar-refractivity contribution is 1.20. The highest BCUT2D eigenvalue weighted by Gasteiger charge is 2.03. The number of nitrogens with zero attached hydrogens (tertiary/aromatic N) is 3. The van der Waals surface area contributed by atoms with Gasteiger partial charge in [-0.3, -0.25) is 5.43 Å². The van der Waals surface area contributed by atoms with Crippen LogP contribution in [-0.4, -0.2) is 18.2 Å². The molecule has 2 aromatic carbocycles. The van der Waals surface area contributed by atoms with Crippen LogP contribution in [0.15, 0.2) is 59.0 Å². The molecule has 0 spiro atoms. The van der Waals surface area contributed by atoms with Gasteiger partial charge in [0.25, 0.3) is 0 Å². The Morgan fingerprint density at radius 2 is 1.71 bits per heavy atom. The lowest BCUT2D eigenvalue weighted by Crippen LogP contribution is -2.09. The molecule has 0 aliphatic carbocycles. The predicted molar refractivity (Wildman–Crippen MR) is 103 cm³/mol. The molecule has 24 heavy (non-hydrogen) atoms. The molecular formula is C18H19N5S. The molecule has 0 saturated heterocycles. The summed E-state index contributed by atoms with van der Waals surface area (Å²) in [6.45, 7) is 2.09. The number of hydrogen-bond acceptors (Lipinski definition) is 6. The monoisotopic (exact) mass is 337 g/mol. The van der Waals surface area contributed by atoms with E-state index in [-0.39, 0.29) is 0 Å². The Bertz CT molecular complexity index is 821. The number of aromatic nitrogens is 1. The molecule has 0 atom stereocenters. The van der Waals surface area contributed by atoms with Gasteiger partial charge in [-0.15, -0.1) is 11.3 Å². The summed E-state index contributed by atoms with van der Waals surface area (Å²) in [6, 6.07) is 16.7. The van der Waals surface area contributed by atoms with Gasteiger partial charge in [0, 0.05) is 23.8 Å². The van der Waals surface area contributed by atoms with Crippen molar-refractivity contribution >= 4 is 39.9 Å². The third-order valence-corrected chi connectivity index (χ3v) is 4.36. The van der Waals surface area contributed by atoms with Crippen molar-refractivity contribution in [2.24, 2.45) is 5.10 Å². The van der Waals surface area contributed by atoms with E-state index in [1.54, 1.807) is 11.6 Å². The van der Waals surface area contributed by atoms with Crippen LogP contribution in [0.1, 0.15) is 11.1 Å². The lowest BCUT2D eigenvalue weighted by Gasteiger charge is -2.19. The van der Waals surface area contributed by atoms with Gasteiger partial charge < -0.3 is 10.6 Å². The van der Waals surface area contributed by atoms with Crippen molar-refractivity contribution in [1.82, 2.24) is 4.98 Å². The normalized spacial score (nSPS) is 10.9. The lowest BCUT2D eigenvalue weighted by atomic mass is 10.2. The van der Waals surface area contributed by atoms with E-state index in [2.05, 4.69) is 70.8 Å². The SMILES string of the molecule is Cc1ccc(N(C)c2ccc(C=NNc3nc(N)cs3)cc2)cc1. The minimum Gasteiger partial charge on any atom is -0.383 e. The molecule has 0 aliphatic heterocycles. The van der Waals surface area contributed by atoms with Crippen LogP contribution in [0.3, 0.4) is 0 Å². The Morgan fingerprint density at radius 1 is 1.08 bits per heavy atom. The Labute approximate surface area is 145 Å². The van der Waals surface area contributed by atoms with Crippen LogP contribution in [0.5, 0.6) is 0 Å². The summed E-state index contributed by atoms with van der Waals surface area (Å²) < 4.78 is 0. The number of rotatable bonds is 5. The second kappa shape index (κ2) is 7.14. The van der Waals surface area contributed by atoms with E-state index in [1.165, 1.54) is 16.9 Å². The van der Waals surface area contributed by atoms with Crippen molar-refractivity contribution in [2.45, 2.75) is 6.92 Å². The molecule has 0 aliphatic rings. The third-order valence-electron chi connectivity index (χ3n) is 3.60. The van der Waals surface area contributed by atoms with Crippen LogP contribution in [0.4, 0.5) is 22.3 Å². The molecular weight excluding hydrogens is 318 g/mol. The number of benzene rings is 2. The molecule has 1 heterocycles. The first-order valence-electron chi connectivity index (χ1n) is 7.52. The fraction of sp³-hybridized carbons (Fsp3) is 0.111. The molecule has 3 rings (SSSR count). The summed E-state index contributed by atoms with van der Waals surface area (Å²) in [7, 11) is 2.06. The average molecular weight is 337 g/mol. The van der Waals surface area contributed by atoms with Crippen LogP contribution in [0.2, 0.25) is 0 Å². The van der Waals surface area contributed by atoms with Crippen LogP contribution in [0, 0.1) is 6.92 Å². The number of nitrogen functional groups attached to an aromatic ring is 1. The smallest absolute Gasteiger partial charge is 0.205 e. The first-order chi connectivity index (χ1) is 11.6. The van der Waals surface area contributed by atoms with Gasteiger partial charge in [0.15, 0.2) is 0 Å². The van der Waals surface area contributed by atoms with E-state index in [0.29, 0.717) is 10.9 Å². The van der Waals surface area contributed by atoms with Crippen molar-refractivity contribution in [1.29, 1.82) is 0 Å². The third kappa shape index (κ3) is 3.91. The van der Waals surface area contributed by atoms with Crippen molar-refractivity contribution < 1.29 is 0 Å². The van der Waals surface area contributed by atoms with E-state index in [1.807, 2.05) is 12.1 Å². The minimum absolute atomic E-state index is 0.501. The maximum absolute atomic E-state index is 5.57. The fourth-order valence-electron chi connectivity index (χ4n) is 2.20. The maximum Gasteiger partial charge on any atom is 0.205 e. The zero-order valence-electron chi connectivity index (χ0n) is 13.6. The summed E-state index contributed by atoms with van der Waals surface area (Å²) in [5, 5.41) is 6.62. The number of hydrogen-bond donors (Lipinski definition) is 2. The highest BCUT2D eigenvalue weighted by atomic mass is 32.1. The van der Waals surface area contributed by atoms with Crippen LogP contribution in [0.25, 0.3) is 0 Å². The van der Waals surface area contributed by atoms with Crippen molar-refractivity contribution in [3.05, 3.63) is 65.0 Å². The summed E-state index contributed by atoms with van der Waals surface area (Å²) in [5.41, 5.74) is 13.0. The molecule has 0 amide bonds. The first kappa shape index (κ1) is 16.0. The largest absolute Gasteiger partial charge is 0.383 e. The van der Waals surface area contributed by atoms with E-state index < -0.39 is 0 Å². The van der Waals surface area contributed by atoms with Gasteiger partial charge in [0.2, 0.25) is 5.13 Å². The fourth-order valence-corrected chi connectivity index (χ4v) is 2.75. The predicted octanol–water partition coefficient (Wildman–Crippen LogP) is 4.25. The second-order valence-electron chi connectivity index (χ2n) is 5.43. The zero-order chi connectivity index (χ0) is 16.9. The summed E-state index contributed by atoms with van der Waals surface area (Å²) in [6.07, 6.45) is 1.76. The molecule has 0 unspecified atom stereocenters. The summed E-state index contributed by atoms with van der Waals surface area (Å²) >= 11 is 1.42. The van der Waals surface area contributed by atoms with Gasteiger partial charge in [-0.05, 0) is 36.8 Å². The van der Waals surface area contributed by atoms with Crippen LogP contribution >= 0.6 is 11.3 Å². The van der Waals surface area contributed by atoms with Gasteiger partial charge >= 0.3 is 0 Å². The highest BCUT2D eigenvalue weighted by molar-refractivity contribution is 7.14. The molecule has 6 heteroatoms. The molecule has 3 aromatic rings. The molecule has 0 bridgehead atoms. The molecule has 0 fully saturated rings. The Hall–Kier alpha value is -2.86. The van der Waals surface area contributed by atoms with Gasteiger partial charge in [-0.1, -0.05) is 29.8 Å². The molecule has 5 nitrogen and oxygen atoms in total. The summed E-state index contributed by atoms with van der Waals surface area (Å²) in [4.78, 5) is 6.23. The quantitative estimate of drug-likeness (QED) is 0.539.